The van der Waals surface area contributed by atoms with E-state index in [2.05, 4.69) is 83.8 Å². The summed E-state index contributed by atoms with van der Waals surface area (Å²) < 4.78 is 0. The topological polar surface area (TPSA) is 46.0 Å². The van der Waals surface area contributed by atoms with Gasteiger partial charge in [-0.25, -0.2) is 0 Å². The van der Waals surface area contributed by atoms with Gasteiger partial charge in [-0.15, -0.1) is 0 Å². The number of pyridine rings is 2. The molecule has 0 saturated heterocycles. The van der Waals surface area contributed by atoms with Crippen LogP contribution in [0.4, 0.5) is 0 Å². The molecule has 0 unspecified atom stereocenters. The van der Waals surface area contributed by atoms with Crippen molar-refractivity contribution in [3.05, 3.63) is 174 Å². The first-order valence-corrected chi connectivity index (χ1v) is 12.7. The molecule has 1 N–H and O–H groups in total. The van der Waals surface area contributed by atoms with E-state index in [-0.39, 0.29) is 5.75 Å². The highest BCUT2D eigenvalue weighted by Gasteiger charge is 2.40. The van der Waals surface area contributed by atoms with E-state index in [0.29, 0.717) is 5.56 Å². The number of phenolic OH excluding ortho intramolecular Hbond substituents is 1. The summed E-state index contributed by atoms with van der Waals surface area (Å²) in [6.07, 6.45) is 1.82. The van der Waals surface area contributed by atoms with Crippen molar-refractivity contribution in [2.45, 2.75) is 5.41 Å². The Morgan fingerprint density at radius 2 is 1.11 bits per heavy atom. The Labute approximate surface area is 222 Å². The Hall–Kier alpha value is -5.02. The fourth-order valence-corrected chi connectivity index (χ4v) is 5.25. The van der Waals surface area contributed by atoms with Crippen molar-refractivity contribution in [2.24, 2.45) is 0 Å². The minimum Gasteiger partial charge on any atom is -0.507 e. The van der Waals surface area contributed by atoms with E-state index < -0.39 is 5.41 Å². The maximum Gasteiger partial charge on any atom is 0.124 e. The molecule has 0 bridgehead atoms. The summed E-state index contributed by atoms with van der Waals surface area (Å²) in [7, 11) is 0. The lowest BCUT2D eigenvalue weighted by Gasteiger charge is -2.36. The molecule has 0 atom stereocenters. The number of phenols is 1. The van der Waals surface area contributed by atoms with Gasteiger partial charge in [-0.05, 0) is 59.2 Å². The average Bonchev–Trinajstić information content (AvgIpc) is 3.00. The van der Waals surface area contributed by atoms with E-state index in [1.807, 2.05) is 66.9 Å². The second-order valence-electron chi connectivity index (χ2n) is 9.20. The van der Waals surface area contributed by atoms with Crippen LogP contribution in [0, 0.1) is 0 Å². The largest absolute Gasteiger partial charge is 0.507 e. The van der Waals surface area contributed by atoms with Crippen molar-refractivity contribution < 1.29 is 5.11 Å². The van der Waals surface area contributed by atoms with Crippen LogP contribution in [-0.4, -0.2) is 15.1 Å². The predicted molar refractivity (Wildman–Crippen MR) is 153 cm³/mol. The number of aromatic hydroxyl groups is 1. The van der Waals surface area contributed by atoms with Crippen LogP contribution in [0.1, 0.15) is 22.4 Å². The third kappa shape index (κ3) is 4.14. The number of hydrogen-bond donors (Lipinski definition) is 1. The molecular formula is C35H26N2O. The van der Waals surface area contributed by atoms with Gasteiger partial charge in [-0.3, -0.25) is 9.97 Å². The Morgan fingerprint density at radius 1 is 0.500 bits per heavy atom. The lowest BCUT2D eigenvalue weighted by Crippen LogP contribution is -2.32. The van der Waals surface area contributed by atoms with Crippen LogP contribution in [0.15, 0.2) is 152 Å². The summed E-state index contributed by atoms with van der Waals surface area (Å²) in [6.45, 7) is 0. The molecule has 0 saturated carbocycles. The van der Waals surface area contributed by atoms with E-state index in [4.69, 9.17) is 4.98 Å². The van der Waals surface area contributed by atoms with E-state index in [9.17, 15) is 5.11 Å². The van der Waals surface area contributed by atoms with Gasteiger partial charge in [0.15, 0.2) is 0 Å². The molecule has 38 heavy (non-hydrogen) atoms. The number of hydrogen-bond acceptors (Lipinski definition) is 3. The van der Waals surface area contributed by atoms with Gasteiger partial charge < -0.3 is 5.11 Å². The third-order valence-electron chi connectivity index (χ3n) is 6.98. The van der Waals surface area contributed by atoms with Crippen molar-refractivity contribution >= 4 is 0 Å². The Kier molecular flexibility index (Phi) is 6.25. The number of aromatic nitrogens is 2. The molecule has 0 fully saturated rings. The summed E-state index contributed by atoms with van der Waals surface area (Å²) >= 11 is 0. The van der Waals surface area contributed by atoms with Crippen LogP contribution >= 0.6 is 0 Å². The zero-order valence-electron chi connectivity index (χ0n) is 20.8. The molecule has 0 aliphatic heterocycles. The van der Waals surface area contributed by atoms with Crippen LogP contribution in [-0.2, 0) is 5.41 Å². The lowest BCUT2D eigenvalue weighted by atomic mass is 9.66. The number of benzene rings is 4. The maximum absolute atomic E-state index is 10.6. The number of rotatable bonds is 6. The minimum absolute atomic E-state index is 0.208. The van der Waals surface area contributed by atoms with Gasteiger partial charge in [0, 0.05) is 17.3 Å². The van der Waals surface area contributed by atoms with E-state index >= 15 is 0 Å². The standard InChI is InChI=1S/C35H26N2O/c38-33-22-8-7-19-30(33)32-21-12-23-34(37-32)35(27-14-3-1-4-15-27,28-16-5-2-6-17-28)29-18-11-13-26(25-29)31-20-9-10-24-36-31/h1-25,38H. The van der Waals surface area contributed by atoms with Crippen LogP contribution in [0.3, 0.4) is 0 Å². The first-order chi connectivity index (χ1) is 18.8. The SMILES string of the molecule is Oc1ccccc1-c1cccc(C(c2ccccc2)(c2ccccc2)c2cccc(-c3ccccn3)c2)n1. The molecule has 3 heteroatoms. The quantitative estimate of drug-likeness (QED) is 0.241. The van der Waals surface area contributed by atoms with Gasteiger partial charge in [-0.1, -0.05) is 103 Å². The molecule has 2 aromatic heterocycles. The fraction of sp³-hybridized carbons (Fsp3) is 0.0286. The molecule has 0 spiro atoms. The Balaban J connectivity index is 1.68. The second kappa shape index (κ2) is 10.2. The zero-order valence-corrected chi connectivity index (χ0v) is 20.8. The van der Waals surface area contributed by atoms with Crippen LogP contribution in [0.25, 0.3) is 22.5 Å². The smallest absolute Gasteiger partial charge is 0.124 e. The van der Waals surface area contributed by atoms with Crippen molar-refractivity contribution in [3.8, 4) is 28.3 Å². The van der Waals surface area contributed by atoms with E-state index in [1.165, 1.54) is 0 Å². The number of nitrogens with zero attached hydrogens (tertiary/aromatic N) is 2. The normalized spacial score (nSPS) is 11.3. The van der Waals surface area contributed by atoms with Gasteiger partial charge in [-0.2, -0.15) is 0 Å². The molecule has 0 amide bonds. The van der Waals surface area contributed by atoms with Crippen molar-refractivity contribution in [1.82, 2.24) is 9.97 Å². The molecule has 3 nitrogen and oxygen atoms in total. The van der Waals surface area contributed by atoms with E-state index in [1.54, 1.807) is 6.07 Å². The van der Waals surface area contributed by atoms with Crippen LogP contribution in [0.2, 0.25) is 0 Å². The molecule has 0 radical (unpaired) electrons. The molecule has 6 aromatic rings. The molecule has 182 valence electrons. The van der Waals surface area contributed by atoms with Gasteiger partial charge in [0.2, 0.25) is 0 Å². The fourth-order valence-electron chi connectivity index (χ4n) is 5.25. The summed E-state index contributed by atoms with van der Waals surface area (Å²) in [4.78, 5) is 9.84. The van der Waals surface area contributed by atoms with Gasteiger partial charge >= 0.3 is 0 Å². The Bertz CT molecular complexity index is 1630. The maximum atomic E-state index is 10.6. The van der Waals surface area contributed by atoms with Crippen molar-refractivity contribution in [1.29, 1.82) is 0 Å². The number of para-hydroxylation sites is 1. The van der Waals surface area contributed by atoms with E-state index in [0.717, 1.165) is 39.3 Å². The average molecular weight is 491 g/mol. The van der Waals surface area contributed by atoms with Crippen LogP contribution in [0.5, 0.6) is 5.75 Å². The highest BCUT2D eigenvalue weighted by molar-refractivity contribution is 5.69. The third-order valence-corrected chi connectivity index (χ3v) is 6.98. The molecule has 6 rings (SSSR count). The molecule has 4 aromatic carbocycles. The molecule has 0 aliphatic carbocycles. The summed E-state index contributed by atoms with van der Waals surface area (Å²) in [5, 5.41) is 10.6. The van der Waals surface area contributed by atoms with Crippen molar-refractivity contribution in [2.75, 3.05) is 0 Å². The van der Waals surface area contributed by atoms with Crippen LogP contribution < -0.4 is 0 Å². The Morgan fingerprint density at radius 3 is 1.79 bits per heavy atom. The highest BCUT2D eigenvalue weighted by atomic mass is 16.3. The molecule has 0 aliphatic rings. The molecular weight excluding hydrogens is 464 g/mol. The van der Waals surface area contributed by atoms with Gasteiger partial charge in [0.1, 0.15) is 5.75 Å². The summed E-state index contributed by atoms with van der Waals surface area (Å²) in [6, 6.07) is 48.9. The summed E-state index contributed by atoms with van der Waals surface area (Å²) in [5.74, 6) is 0.208. The molecule has 2 heterocycles. The zero-order chi connectivity index (χ0) is 25.8. The minimum atomic E-state index is -0.715. The predicted octanol–water partition coefficient (Wildman–Crippen LogP) is 7.90. The monoisotopic (exact) mass is 490 g/mol. The van der Waals surface area contributed by atoms with Gasteiger partial charge in [0.05, 0.1) is 22.5 Å². The van der Waals surface area contributed by atoms with Crippen molar-refractivity contribution in [3.63, 3.8) is 0 Å². The first kappa shape index (κ1) is 23.4. The summed E-state index contributed by atoms with van der Waals surface area (Å²) in [5.41, 5.74) is 6.82. The van der Waals surface area contributed by atoms with Gasteiger partial charge in [0.25, 0.3) is 0 Å². The first-order valence-electron chi connectivity index (χ1n) is 12.7. The lowest BCUT2D eigenvalue weighted by molar-refractivity contribution is 0.477. The highest BCUT2D eigenvalue weighted by Crippen LogP contribution is 2.45. The second-order valence-corrected chi connectivity index (χ2v) is 9.20.